The van der Waals surface area contributed by atoms with E-state index in [1.54, 1.807) is 6.92 Å². The van der Waals surface area contributed by atoms with Gasteiger partial charge in [0, 0.05) is 18.7 Å². The van der Waals surface area contributed by atoms with E-state index in [1.165, 1.54) is 6.20 Å². The van der Waals surface area contributed by atoms with Crippen molar-refractivity contribution in [3.8, 4) is 0 Å². The summed E-state index contributed by atoms with van der Waals surface area (Å²) in [6.07, 6.45) is 1.56. The lowest BCUT2D eigenvalue weighted by Crippen LogP contribution is -2.32. The molecule has 1 heterocycles. The Hall–Kier alpha value is -1.03. The average Bonchev–Trinajstić information content (AvgIpc) is 2.04. The average molecular weight is 171 g/mol. The van der Waals surface area contributed by atoms with Crippen LogP contribution in [0.15, 0.2) is 11.8 Å². The van der Waals surface area contributed by atoms with Gasteiger partial charge < -0.3 is 15.5 Å². The smallest absolute Gasteiger partial charge is 0.333 e. The van der Waals surface area contributed by atoms with Crippen molar-refractivity contribution in [2.24, 2.45) is 5.92 Å². The molecule has 2 unspecified atom stereocenters. The van der Waals surface area contributed by atoms with Crippen molar-refractivity contribution in [1.82, 2.24) is 5.32 Å². The third-order valence-corrected chi connectivity index (χ3v) is 2.09. The highest BCUT2D eigenvalue weighted by Crippen LogP contribution is 2.21. The van der Waals surface area contributed by atoms with Crippen LogP contribution in [0.5, 0.6) is 0 Å². The summed E-state index contributed by atoms with van der Waals surface area (Å²) in [5.41, 5.74) is 0.274. The topological polar surface area (TPSA) is 69.6 Å². The predicted molar refractivity (Wildman–Crippen MR) is 43.5 cm³/mol. The van der Waals surface area contributed by atoms with Crippen molar-refractivity contribution in [2.45, 2.75) is 19.4 Å². The fourth-order valence-electron chi connectivity index (χ4n) is 1.40. The van der Waals surface area contributed by atoms with Gasteiger partial charge in [0.1, 0.15) is 0 Å². The predicted octanol–water partition coefficient (Wildman–Crippen LogP) is -0.0548. The van der Waals surface area contributed by atoms with Crippen molar-refractivity contribution in [1.29, 1.82) is 0 Å². The summed E-state index contributed by atoms with van der Waals surface area (Å²) in [5.74, 6) is -1.18. The van der Waals surface area contributed by atoms with E-state index in [-0.39, 0.29) is 11.5 Å². The Morgan fingerprint density at radius 1 is 1.83 bits per heavy atom. The molecule has 0 aromatic carbocycles. The third kappa shape index (κ3) is 1.76. The fraction of sp³-hybridized carbons (Fsp3) is 0.625. The summed E-state index contributed by atoms with van der Waals surface area (Å²) in [6, 6.07) is 0. The molecule has 0 spiro atoms. The van der Waals surface area contributed by atoms with Gasteiger partial charge in [-0.25, -0.2) is 4.79 Å². The molecule has 3 N–H and O–H groups in total. The van der Waals surface area contributed by atoms with Gasteiger partial charge in [0.2, 0.25) is 0 Å². The summed E-state index contributed by atoms with van der Waals surface area (Å²) < 4.78 is 0. The van der Waals surface area contributed by atoms with Gasteiger partial charge in [-0.05, 0) is 13.3 Å². The molecule has 4 nitrogen and oxygen atoms in total. The highest BCUT2D eigenvalue weighted by Gasteiger charge is 2.26. The second-order valence-corrected chi connectivity index (χ2v) is 2.99. The Morgan fingerprint density at radius 2 is 2.50 bits per heavy atom. The molecule has 1 rings (SSSR count). The number of aliphatic carboxylic acids is 1. The lowest BCUT2D eigenvalue weighted by Gasteiger charge is -2.24. The number of hydrogen-bond donors (Lipinski definition) is 3. The minimum atomic E-state index is -0.951. The molecule has 1 aliphatic heterocycles. The standard InChI is InChI=1S/C8H13NO3/c1-5(10)6-2-3-9-4-7(6)8(11)12/h4-6,9-10H,2-3H2,1H3,(H,11,12). The maximum Gasteiger partial charge on any atom is 0.333 e. The van der Waals surface area contributed by atoms with Crippen LogP contribution in [0, 0.1) is 5.92 Å². The Bertz CT molecular complexity index is 210. The lowest BCUT2D eigenvalue weighted by atomic mass is 9.89. The molecule has 0 saturated heterocycles. The van der Waals surface area contributed by atoms with Crippen LogP contribution in [0.2, 0.25) is 0 Å². The molecule has 12 heavy (non-hydrogen) atoms. The summed E-state index contributed by atoms with van der Waals surface area (Å²) in [5, 5.41) is 20.8. The molecule has 0 aromatic heterocycles. The van der Waals surface area contributed by atoms with Crippen molar-refractivity contribution in [3.05, 3.63) is 11.8 Å². The number of aliphatic hydroxyl groups is 1. The first-order valence-electron chi connectivity index (χ1n) is 3.97. The van der Waals surface area contributed by atoms with Gasteiger partial charge in [-0.2, -0.15) is 0 Å². The SMILES string of the molecule is CC(O)C1CCNC=C1C(=O)O. The molecule has 68 valence electrons. The highest BCUT2D eigenvalue weighted by atomic mass is 16.4. The number of nitrogens with one attached hydrogen (secondary N) is 1. The van der Waals surface area contributed by atoms with E-state index in [4.69, 9.17) is 5.11 Å². The number of rotatable bonds is 2. The summed E-state index contributed by atoms with van der Waals surface area (Å²) in [7, 11) is 0. The first-order chi connectivity index (χ1) is 5.63. The van der Waals surface area contributed by atoms with Crippen LogP contribution in [-0.2, 0) is 4.79 Å². The molecule has 0 aromatic rings. The van der Waals surface area contributed by atoms with E-state index in [9.17, 15) is 9.90 Å². The molecule has 0 saturated carbocycles. The Kier molecular flexibility index (Phi) is 2.70. The Balaban J connectivity index is 2.78. The quantitative estimate of drug-likeness (QED) is 0.544. The van der Waals surface area contributed by atoms with Gasteiger partial charge in [0.05, 0.1) is 11.7 Å². The fourth-order valence-corrected chi connectivity index (χ4v) is 1.40. The Labute approximate surface area is 70.9 Å². The lowest BCUT2D eigenvalue weighted by molar-refractivity contribution is -0.133. The monoisotopic (exact) mass is 171 g/mol. The first-order valence-corrected chi connectivity index (χ1v) is 3.97. The van der Waals surface area contributed by atoms with Crippen molar-refractivity contribution < 1.29 is 15.0 Å². The van der Waals surface area contributed by atoms with E-state index in [2.05, 4.69) is 5.32 Å². The molecule has 0 bridgehead atoms. The maximum absolute atomic E-state index is 10.6. The molecule has 2 atom stereocenters. The van der Waals surface area contributed by atoms with Crippen LogP contribution in [0.1, 0.15) is 13.3 Å². The molecular weight excluding hydrogens is 158 g/mol. The van der Waals surface area contributed by atoms with Crippen molar-refractivity contribution >= 4 is 5.97 Å². The van der Waals surface area contributed by atoms with Gasteiger partial charge >= 0.3 is 5.97 Å². The molecule has 0 aliphatic carbocycles. The zero-order valence-electron chi connectivity index (χ0n) is 6.95. The Morgan fingerprint density at radius 3 is 2.92 bits per heavy atom. The van der Waals surface area contributed by atoms with E-state index in [1.807, 2.05) is 0 Å². The van der Waals surface area contributed by atoms with E-state index in [0.717, 1.165) is 6.54 Å². The summed E-state index contributed by atoms with van der Waals surface area (Å²) in [6.45, 7) is 2.35. The van der Waals surface area contributed by atoms with Gasteiger partial charge in [0.15, 0.2) is 0 Å². The number of carboxylic acid groups (broad SMARTS) is 1. The van der Waals surface area contributed by atoms with Crippen LogP contribution < -0.4 is 5.32 Å². The van der Waals surface area contributed by atoms with Gasteiger partial charge in [-0.3, -0.25) is 0 Å². The molecule has 0 amide bonds. The number of hydrogen-bond acceptors (Lipinski definition) is 3. The van der Waals surface area contributed by atoms with Crippen LogP contribution in [0.3, 0.4) is 0 Å². The number of carboxylic acids is 1. The molecule has 0 fully saturated rings. The van der Waals surface area contributed by atoms with Gasteiger partial charge in [-0.15, -0.1) is 0 Å². The van der Waals surface area contributed by atoms with Gasteiger partial charge in [0.25, 0.3) is 0 Å². The zero-order chi connectivity index (χ0) is 9.14. The molecule has 1 aliphatic rings. The highest BCUT2D eigenvalue weighted by molar-refractivity contribution is 5.87. The molecule has 0 radical (unpaired) electrons. The largest absolute Gasteiger partial charge is 0.478 e. The zero-order valence-corrected chi connectivity index (χ0v) is 6.95. The van der Waals surface area contributed by atoms with Crippen LogP contribution in [0.4, 0.5) is 0 Å². The van der Waals surface area contributed by atoms with E-state index < -0.39 is 12.1 Å². The van der Waals surface area contributed by atoms with E-state index in [0.29, 0.717) is 6.42 Å². The van der Waals surface area contributed by atoms with Crippen LogP contribution in [-0.4, -0.2) is 28.8 Å². The van der Waals surface area contributed by atoms with E-state index >= 15 is 0 Å². The second kappa shape index (κ2) is 3.58. The van der Waals surface area contributed by atoms with Gasteiger partial charge in [-0.1, -0.05) is 0 Å². The minimum Gasteiger partial charge on any atom is -0.478 e. The summed E-state index contributed by atoms with van der Waals surface area (Å²) >= 11 is 0. The number of aliphatic hydroxyl groups excluding tert-OH is 1. The normalized spacial score (nSPS) is 25.5. The molecular formula is C8H13NO3. The maximum atomic E-state index is 10.6. The van der Waals surface area contributed by atoms with Crippen LogP contribution in [0.25, 0.3) is 0 Å². The third-order valence-electron chi connectivity index (χ3n) is 2.09. The van der Waals surface area contributed by atoms with Crippen LogP contribution >= 0.6 is 0 Å². The number of carbonyl (C=O) groups is 1. The van der Waals surface area contributed by atoms with Crippen molar-refractivity contribution in [2.75, 3.05) is 6.54 Å². The second-order valence-electron chi connectivity index (χ2n) is 2.99. The minimum absolute atomic E-state index is 0.233. The molecule has 4 heteroatoms. The summed E-state index contributed by atoms with van der Waals surface area (Å²) in [4.78, 5) is 10.6. The first kappa shape index (κ1) is 9.06. The van der Waals surface area contributed by atoms with Crippen molar-refractivity contribution in [3.63, 3.8) is 0 Å².